The van der Waals surface area contributed by atoms with Gasteiger partial charge in [0.2, 0.25) is 10.0 Å². The molecule has 2 heterocycles. The molecule has 1 N–H and O–H groups in total. The van der Waals surface area contributed by atoms with E-state index in [1.807, 2.05) is 19.1 Å². The monoisotopic (exact) mass is 470 g/mol. The summed E-state index contributed by atoms with van der Waals surface area (Å²) in [5.41, 5.74) is 1.20. The SMILES string of the molecule is CC(CCc1ccc(Br)cc1)NC(=O)c1sccc1S(=O)(=O)N1CCCC1. The highest BCUT2D eigenvalue weighted by Gasteiger charge is 2.32. The summed E-state index contributed by atoms with van der Waals surface area (Å²) in [7, 11) is -3.59. The zero-order valence-corrected chi connectivity index (χ0v) is 18.4. The molecule has 27 heavy (non-hydrogen) atoms. The number of carbonyl (C=O) groups is 1. The van der Waals surface area contributed by atoms with Crippen LogP contribution >= 0.6 is 27.3 Å². The Morgan fingerprint density at radius 1 is 1.22 bits per heavy atom. The number of thiophene rings is 1. The van der Waals surface area contributed by atoms with Crippen LogP contribution in [0.25, 0.3) is 0 Å². The van der Waals surface area contributed by atoms with Gasteiger partial charge >= 0.3 is 0 Å². The third-order valence-corrected chi connectivity index (χ3v) is 8.19. The fourth-order valence-corrected chi connectivity index (χ4v) is 6.21. The van der Waals surface area contributed by atoms with Gasteiger partial charge < -0.3 is 5.32 Å². The molecule has 3 rings (SSSR count). The number of aryl methyl sites for hydroxylation is 1. The number of halogens is 1. The number of nitrogens with one attached hydrogen (secondary N) is 1. The van der Waals surface area contributed by atoms with Crippen LogP contribution in [0.5, 0.6) is 0 Å². The first kappa shape index (κ1) is 20.5. The Kier molecular flexibility index (Phi) is 6.73. The summed E-state index contributed by atoms with van der Waals surface area (Å²) < 4.78 is 28.1. The van der Waals surface area contributed by atoms with Crippen molar-refractivity contribution in [3.05, 3.63) is 50.6 Å². The Hall–Kier alpha value is -1.22. The quantitative estimate of drug-likeness (QED) is 0.663. The Bertz CT molecular complexity index is 888. The molecule has 146 valence electrons. The van der Waals surface area contributed by atoms with E-state index in [-0.39, 0.29) is 21.7 Å². The molecule has 0 radical (unpaired) electrons. The zero-order valence-electron chi connectivity index (χ0n) is 15.2. The summed E-state index contributed by atoms with van der Waals surface area (Å²) in [6.07, 6.45) is 3.38. The van der Waals surface area contributed by atoms with E-state index in [0.717, 1.165) is 30.2 Å². The van der Waals surface area contributed by atoms with Crippen molar-refractivity contribution in [1.82, 2.24) is 9.62 Å². The van der Waals surface area contributed by atoms with Gasteiger partial charge in [0, 0.05) is 23.6 Å². The standard InChI is InChI=1S/C19H23BrN2O3S2/c1-14(4-5-15-6-8-16(20)9-7-15)21-19(23)18-17(10-13-26-18)27(24,25)22-11-2-3-12-22/h6-10,13-14H,2-5,11-12H2,1H3,(H,21,23). The molecule has 1 aromatic carbocycles. The maximum atomic E-state index is 12.8. The predicted molar refractivity (Wildman–Crippen MR) is 112 cm³/mol. The molecule has 0 saturated carbocycles. The van der Waals surface area contributed by atoms with Crippen LogP contribution in [-0.4, -0.2) is 37.8 Å². The third kappa shape index (κ3) is 4.99. The van der Waals surface area contributed by atoms with Crippen molar-refractivity contribution in [2.75, 3.05) is 13.1 Å². The minimum Gasteiger partial charge on any atom is -0.349 e. The molecule has 1 unspecified atom stereocenters. The topological polar surface area (TPSA) is 66.5 Å². The van der Waals surface area contributed by atoms with Crippen molar-refractivity contribution < 1.29 is 13.2 Å². The number of carbonyl (C=O) groups excluding carboxylic acids is 1. The Morgan fingerprint density at radius 3 is 2.56 bits per heavy atom. The number of amides is 1. The number of hydrogen-bond donors (Lipinski definition) is 1. The van der Waals surface area contributed by atoms with Gasteiger partial charge in [-0.2, -0.15) is 4.31 Å². The van der Waals surface area contributed by atoms with Gasteiger partial charge in [0.1, 0.15) is 9.77 Å². The molecule has 1 amide bonds. The summed E-state index contributed by atoms with van der Waals surface area (Å²) >= 11 is 4.60. The maximum absolute atomic E-state index is 12.8. The van der Waals surface area contributed by atoms with Gasteiger partial charge in [0.05, 0.1) is 0 Å². The third-order valence-electron chi connectivity index (χ3n) is 4.67. The van der Waals surface area contributed by atoms with Crippen molar-refractivity contribution in [2.45, 2.75) is 43.5 Å². The minimum atomic E-state index is -3.59. The highest BCUT2D eigenvalue weighted by Crippen LogP contribution is 2.27. The van der Waals surface area contributed by atoms with Crippen LogP contribution < -0.4 is 5.32 Å². The largest absolute Gasteiger partial charge is 0.349 e. The van der Waals surface area contributed by atoms with E-state index in [1.165, 1.54) is 21.2 Å². The zero-order chi connectivity index (χ0) is 19.4. The molecule has 0 aliphatic carbocycles. The van der Waals surface area contributed by atoms with Gasteiger partial charge in [-0.15, -0.1) is 11.3 Å². The second kappa shape index (κ2) is 8.86. The number of rotatable bonds is 7. The minimum absolute atomic E-state index is 0.0504. The molecule has 8 heteroatoms. The van der Waals surface area contributed by atoms with E-state index >= 15 is 0 Å². The maximum Gasteiger partial charge on any atom is 0.262 e. The summed E-state index contributed by atoms with van der Waals surface area (Å²) in [6, 6.07) is 9.60. The van der Waals surface area contributed by atoms with Gasteiger partial charge in [0.15, 0.2) is 0 Å². The van der Waals surface area contributed by atoms with Crippen LogP contribution in [0.2, 0.25) is 0 Å². The molecule has 0 spiro atoms. The highest BCUT2D eigenvalue weighted by atomic mass is 79.9. The number of nitrogens with zero attached hydrogens (tertiary/aromatic N) is 1. The summed E-state index contributed by atoms with van der Waals surface area (Å²) in [5.74, 6) is -0.314. The molecule has 1 aliphatic rings. The molecule has 1 fully saturated rings. The van der Waals surface area contributed by atoms with Gasteiger partial charge in [-0.1, -0.05) is 28.1 Å². The average molecular weight is 471 g/mol. The van der Waals surface area contributed by atoms with Crippen molar-refractivity contribution in [3.63, 3.8) is 0 Å². The smallest absolute Gasteiger partial charge is 0.262 e. The molecule has 2 aromatic rings. The second-order valence-corrected chi connectivity index (χ2v) is 10.5. The lowest BCUT2D eigenvalue weighted by Crippen LogP contribution is -2.34. The van der Waals surface area contributed by atoms with Crippen molar-refractivity contribution in [3.8, 4) is 0 Å². The normalized spacial score (nSPS) is 16.4. The van der Waals surface area contributed by atoms with Gasteiger partial charge in [-0.05, 0) is 61.7 Å². The van der Waals surface area contributed by atoms with E-state index in [2.05, 4.69) is 33.4 Å². The Balaban J connectivity index is 1.63. The van der Waals surface area contributed by atoms with Gasteiger partial charge in [0.25, 0.3) is 5.91 Å². The second-order valence-electron chi connectivity index (χ2n) is 6.76. The number of benzene rings is 1. The van der Waals surface area contributed by atoms with E-state index in [0.29, 0.717) is 13.1 Å². The highest BCUT2D eigenvalue weighted by molar-refractivity contribution is 9.10. The molecule has 0 bridgehead atoms. The first-order chi connectivity index (χ1) is 12.9. The lowest BCUT2D eigenvalue weighted by molar-refractivity contribution is 0.0939. The van der Waals surface area contributed by atoms with Crippen LogP contribution in [0, 0.1) is 0 Å². The fraction of sp³-hybridized carbons (Fsp3) is 0.421. The van der Waals surface area contributed by atoms with Crippen molar-refractivity contribution in [1.29, 1.82) is 0 Å². The average Bonchev–Trinajstić information content (AvgIpc) is 3.33. The van der Waals surface area contributed by atoms with Gasteiger partial charge in [-0.25, -0.2) is 8.42 Å². The Morgan fingerprint density at radius 2 is 1.89 bits per heavy atom. The van der Waals surface area contributed by atoms with Crippen molar-refractivity contribution >= 4 is 43.2 Å². The van der Waals surface area contributed by atoms with E-state index in [9.17, 15) is 13.2 Å². The van der Waals surface area contributed by atoms with Crippen LogP contribution in [0.4, 0.5) is 0 Å². The lowest BCUT2D eigenvalue weighted by Gasteiger charge is -2.17. The van der Waals surface area contributed by atoms with Crippen LogP contribution in [0.15, 0.2) is 45.1 Å². The first-order valence-corrected chi connectivity index (χ1v) is 12.1. The molecule has 5 nitrogen and oxygen atoms in total. The fourth-order valence-electron chi connectivity index (χ4n) is 3.13. The molecule has 1 aromatic heterocycles. The summed E-state index contributed by atoms with van der Waals surface area (Å²) in [5, 5.41) is 4.62. The molecular weight excluding hydrogens is 448 g/mol. The lowest BCUT2D eigenvalue weighted by atomic mass is 10.1. The summed E-state index contributed by atoms with van der Waals surface area (Å²) in [4.78, 5) is 13.1. The summed E-state index contributed by atoms with van der Waals surface area (Å²) in [6.45, 7) is 3.00. The van der Waals surface area contributed by atoms with Crippen LogP contribution in [0.1, 0.15) is 41.4 Å². The molecular formula is C19H23BrN2O3S2. The van der Waals surface area contributed by atoms with Crippen LogP contribution in [0.3, 0.4) is 0 Å². The van der Waals surface area contributed by atoms with Crippen molar-refractivity contribution in [2.24, 2.45) is 0 Å². The molecule has 1 saturated heterocycles. The molecule has 1 atom stereocenters. The van der Waals surface area contributed by atoms with E-state index in [1.54, 1.807) is 11.4 Å². The van der Waals surface area contributed by atoms with Gasteiger partial charge in [-0.3, -0.25) is 4.79 Å². The van der Waals surface area contributed by atoms with E-state index < -0.39 is 10.0 Å². The van der Waals surface area contributed by atoms with E-state index in [4.69, 9.17) is 0 Å². The predicted octanol–water partition coefficient (Wildman–Crippen LogP) is 4.05. The first-order valence-electron chi connectivity index (χ1n) is 9.01. The van der Waals surface area contributed by atoms with Crippen LogP contribution in [-0.2, 0) is 16.4 Å². The molecule has 1 aliphatic heterocycles. The number of hydrogen-bond acceptors (Lipinski definition) is 4. The Labute approximate surface area is 173 Å². The number of sulfonamides is 1.